The van der Waals surface area contributed by atoms with Crippen LogP contribution in [0.5, 0.6) is 0 Å². The summed E-state index contributed by atoms with van der Waals surface area (Å²) in [7, 11) is 0. The minimum Gasteiger partial charge on any atom is -0.0817 e. The molecule has 8 rings (SSSR count). The number of rotatable bonds is 12. The third-order valence-electron chi connectivity index (χ3n) is 12.9. The minimum absolute atomic E-state index is 0. The van der Waals surface area contributed by atoms with E-state index in [0.29, 0.717) is 5.92 Å². The van der Waals surface area contributed by atoms with Crippen LogP contribution in [-0.4, -0.2) is 0 Å². The predicted octanol–water partition coefficient (Wildman–Crippen LogP) is 25.1. The lowest BCUT2D eigenvalue weighted by Crippen LogP contribution is -1.99. The van der Waals surface area contributed by atoms with E-state index in [1.807, 2.05) is 110 Å². The van der Waals surface area contributed by atoms with Gasteiger partial charge in [0.2, 0.25) is 0 Å². The van der Waals surface area contributed by atoms with E-state index >= 15 is 0 Å². The van der Waals surface area contributed by atoms with Gasteiger partial charge in [-0.2, -0.15) is 0 Å². The first-order valence-electron chi connectivity index (χ1n) is 29.5. The van der Waals surface area contributed by atoms with E-state index in [-0.39, 0.29) is 7.43 Å². The molecule has 422 valence electrons. The van der Waals surface area contributed by atoms with Gasteiger partial charge in [0.15, 0.2) is 0 Å². The maximum absolute atomic E-state index is 2.48. The molecule has 0 bridgehead atoms. The van der Waals surface area contributed by atoms with Gasteiger partial charge < -0.3 is 0 Å². The van der Waals surface area contributed by atoms with Crippen molar-refractivity contribution in [2.24, 2.45) is 5.92 Å². The second-order valence-corrected chi connectivity index (χ2v) is 18.8. The monoisotopic (exact) mass is 1050 g/mol. The lowest BCUT2D eigenvalue weighted by Gasteiger charge is -2.21. The van der Waals surface area contributed by atoms with Crippen LogP contribution in [0.3, 0.4) is 0 Å². The Morgan fingerprint density at radius 2 is 0.861 bits per heavy atom. The molecular formula is C79H106. The highest BCUT2D eigenvalue weighted by atomic mass is 14.2. The lowest BCUT2D eigenvalue weighted by molar-refractivity contribution is 0.698. The highest BCUT2D eigenvalue weighted by molar-refractivity contribution is 5.87. The van der Waals surface area contributed by atoms with E-state index in [2.05, 4.69) is 240 Å². The maximum Gasteiger partial charge on any atom is -0.0116 e. The third-order valence-corrected chi connectivity index (χ3v) is 12.9. The molecule has 0 fully saturated rings. The number of unbranched alkanes of at least 4 members (excludes halogenated alkanes) is 1. The Morgan fingerprint density at radius 3 is 1.38 bits per heavy atom. The Morgan fingerprint density at radius 1 is 0.380 bits per heavy atom. The molecule has 0 aliphatic heterocycles. The van der Waals surface area contributed by atoms with Crippen molar-refractivity contribution in [1.82, 2.24) is 0 Å². The maximum atomic E-state index is 2.48. The second-order valence-electron chi connectivity index (χ2n) is 18.8. The molecule has 0 saturated carbocycles. The van der Waals surface area contributed by atoms with Crippen LogP contribution in [0.4, 0.5) is 0 Å². The summed E-state index contributed by atoms with van der Waals surface area (Å²) in [6.07, 6.45) is 17.4. The van der Waals surface area contributed by atoms with Crippen molar-refractivity contribution in [2.75, 3.05) is 0 Å². The summed E-state index contributed by atoms with van der Waals surface area (Å²) < 4.78 is 0. The van der Waals surface area contributed by atoms with E-state index in [1.165, 1.54) is 119 Å². The SMILES string of the molecule is C.CC.CC.CC.CC.CCC(C)/C=C/C=C\C=C/c1ccccc1.CCCCc1cc(C)c(-c2c(C)ccc(-c3cc(-c4ccc(C)cc4)ccc3C)c2C)cc1-c1ccccc1C.Cc1ccccc1.Cc1ccccc1. The zero-order chi connectivity index (χ0) is 58.3. The van der Waals surface area contributed by atoms with Gasteiger partial charge in [-0.25, -0.2) is 0 Å². The van der Waals surface area contributed by atoms with Gasteiger partial charge in [-0.1, -0.05) is 319 Å². The summed E-state index contributed by atoms with van der Waals surface area (Å²) >= 11 is 0. The molecule has 0 saturated heterocycles. The van der Waals surface area contributed by atoms with Crippen molar-refractivity contribution in [3.63, 3.8) is 0 Å². The van der Waals surface area contributed by atoms with E-state index in [1.54, 1.807) is 0 Å². The van der Waals surface area contributed by atoms with Crippen LogP contribution in [0, 0.1) is 61.3 Å². The number of benzene rings is 8. The van der Waals surface area contributed by atoms with Crippen LogP contribution in [0.15, 0.2) is 212 Å². The molecule has 0 spiro atoms. The normalized spacial score (nSPS) is 10.4. The molecule has 0 heterocycles. The van der Waals surface area contributed by atoms with E-state index in [0.717, 1.165) is 6.42 Å². The summed E-state index contributed by atoms with van der Waals surface area (Å²) in [6.45, 7) is 40.4. The molecule has 8 aromatic carbocycles. The van der Waals surface area contributed by atoms with E-state index in [9.17, 15) is 0 Å². The van der Waals surface area contributed by atoms with Crippen molar-refractivity contribution in [1.29, 1.82) is 0 Å². The lowest BCUT2D eigenvalue weighted by atomic mass is 9.83. The van der Waals surface area contributed by atoms with Crippen LogP contribution in [0.25, 0.3) is 50.6 Å². The topological polar surface area (TPSA) is 0 Å². The van der Waals surface area contributed by atoms with Crippen LogP contribution in [0.2, 0.25) is 0 Å². The fraction of sp³-hybridized carbons (Fsp3) is 0.316. The van der Waals surface area contributed by atoms with Crippen LogP contribution in [-0.2, 0) is 6.42 Å². The van der Waals surface area contributed by atoms with Gasteiger partial charge in [0.1, 0.15) is 0 Å². The Hall–Kier alpha value is -7.02. The molecule has 8 aromatic rings. The first-order chi connectivity index (χ1) is 37.9. The highest BCUT2D eigenvalue weighted by Gasteiger charge is 2.18. The van der Waals surface area contributed by atoms with Crippen molar-refractivity contribution in [3.05, 3.63) is 268 Å². The van der Waals surface area contributed by atoms with Crippen molar-refractivity contribution in [2.45, 2.75) is 165 Å². The fourth-order valence-corrected chi connectivity index (χ4v) is 8.45. The van der Waals surface area contributed by atoms with Gasteiger partial charge in [0, 0.05) is 0 Å². The zero-order valence-electron chi connectivity index (χ0n) is 52.2. The molecule has 0 aromatic heterocycles. The van der Waals surface area contributed by atoms with E-state index < -0.39 is 0 Å². The standard InChI is InChI=1S/C40H42.C16H20.2C7H8.4C2H6.CH4/c1-8-9-13-34-23-30(6)38(25-39(34)35-14-11-10-12-27(35)3)40-29(5)18-22-36(31(40)7)37-24-33(21-17-28(37)4)32-19-15-26(2)16-20-32;1-3-15(2)11-7-4-5-8-12-16-13-9-6-10-14-16;2*1-7-5-3-2-4-6-7;4*1-2;/h10-12,14-25H,8-9,13H2,1-7H3;4-15H,3H2,1-2H3;2*2-6H,1H3;4*1-2H3;1H4/b;5-4-,11-7+,12-8-;;;;;;;. The Kier molecular flexibility index (Phi) is 39.1. The van der Waals surface area contributed by atoms with Crippen LogP contribution < -0.4 is 0 Å². The zero-order valence-corrected chi connectivity index (χ0v) is 52.2. The van der Waals surface area contributed by atoms with Crippen LogP contribution in [0.1, 0.15) is 158 Å². The first kappa shape index (κ1) is 72.0. The highest BCUT2D eigenvalue weighted by Crippen LogP contribution is 2.41. The summed E-state index contributed by atoms with van der Waals surface area (Å²) in [5.41, 5.74) is 23.9. The number of hydrogen-bond donors (Lipinski definition) is 0. The second kappa shape index (κ2) is 42.9. The average Bonchev–Trinajstić information content (AvgIpc) is 3.52. The van der Waals surface area contributed by atoms with E-state index in [4.69, 9.17) is 0 Å². The average molecular weight is 1060 g/mol. The predicted molar refractivity (Wildman–Crippen MR) is 363 cm³/mol. The Bertz CT molecular complexity index is 2850. The number of allylic oxidation sites excluding steroid dienone is 5. The summed E-state index contributed by atoms with van der Waals surface area (Å²) in [5, 5.41) is 0. The van der Waals surface area contributed by atoms with Crippen LogP contribution >= 0.6 is 0 Å². The molecule has 1 atom stereocenters. The molecule has 0 aliphatic rings. The van der Waals surface area contributed by atoms with Crippen molar-refractivity contribution >= 4 is 6.08 Å². The Labute approximate surface area is 486 Å². The van der Waals surface area contributed by atoms with Crippen molar-refractivity contribution in [3.8, 4) is 44.5 Å². The molecule has 0 N–H and O–H groups in total. The first-order valence-corrected chi connectivity index (χ1v) is 29.5. The molecule has 0 nitrogen and oxygen atoms in total. The van der Waals surface area contributed by atoms with Gasteiger partial charge in [0.05, 0.1) is 0 Å². The van der Waals surface area contributed by atoms with Gasteiger partial charge in [0.25, 0.3) is 0 Å². The Balaban J connectivity index is 0.00000127. The molecule has 0 amide bonds. The molecule has 0 aliphatic carbocycles. The number of hydrogen-bond acceptors (Lipinski definition) is 0. The van der Waals surface area contributed by atoms with Crippen molar-refractivity contribution < 1.29 is 0 Å². The van der Waals surface area contributed by atoms with Gasteiger partial charge in [-0.15, -0.1) is 0 Å². The van der Waals surface area contributed by atoms with Gasteiger partial charge in [-0.05, 0) is 170 Å². The minimum atomic E-state index is 0. The fourth-order valence-electron chi connectivity index (χ4n) is 8.45. The van der Waals surface area contributed by atoms with Gasteiger partial charge in [-0.3, -0.25) is 0 Å². The largest absolute Gasteiger partial charge is 0.0817 e. The molecule has 1 unspecified atom stereocenters. The summed E-state index contributed by atoms with van der Waals surface area (Å²) in [6, 6.07) is 65.0. The van der Waals surface area contributed by atoms with Gasteiger partial charge >= 0.3 is 0 Å². The molecular weight excluding hydrogens is 949 g/mol. The summed E-state index contributed by atoms with van der Waals surface area (Å²) in [4.78, 5) is 0. The number of aryl methyl sites for hydroxylation is 8. The molecule has 0 heteroatoms. The quantitative estimate of drug-likeness (QED) is 0.107. The molecule has 0 radical (unpaired) electrons. The smallest absolute Gasteiger partial charge is 0.0116 e. The summed E-state index contributed by atoms with van der Waals surface area (Å²) in [5.74, 6) is 0.669. The molecule has 79 heavy (non-hydrogen) atoms. The third kappa shape index (κ3) is 25.5.